The molecule has 0 aromatic heterocycles. The molecular formula is C12H24N2S2. The zero-order chi connectivity index (χ0) is 12.2. The van der Waals surface area contributed by atoms with Crippen LogP contribution in [0.2, 0.25) is 0 Å². The molecule has 0 amide bonds. The molecule has 0 saturated carbocycles. The van der Waals surface area contributed by atoms with Crippen molar-refractivity contribution in [1.29, 1.82) is 0 Å². The highest BCUT2D eigenvalue weighted by Gasteiger charge is 1.97. The highest BCUT2D eigenvalue weighted by molar-refractivity contribution is 7.89. The standard InChI is InChI=1S/C12H24N2S2/c1-2-3-4-5-6-7-8-9-10-14-12(16)11(13)15/h2-10H2,1H3,(H2,13,15)(H,14,16). The largest absolute Gasteiger partial charge is 0.388 e. The van der Waals surface area contributed by atoms with Crippen LogP contribution in [0.25, 0.3) is 0 Å². The van der Waals surface area contributed by atoms with Crippen molar-refractivity contribution in [1.82, 2.24) is 5.32 Å². The number of thiocarbonyl (C=S) groups is 2. The molecule has 4 heteroatoms. The van der Waals surface area contributed by atoms with E-state index in [-0.39, 0.29) is 0 Å². The van der Waals surface area contributed by atoms with Crippen LogP contribution in [0.15, 0.2) is 0 Å². The SMILES string of the molecule is CCCCCCCCCCNC(=S)C(N)=S. The molecular weight excluding hydrogens is 236 g/mol. The topological polar surface area (TPSA) is 38.0 Å². The molecule has 0 spiro atoms. The minimum absolute atomic E-state index is 0.301. The zero-order valence-corrected chi connectivity index (χ0v) is 11.9. The number of hydrogen-bond acceptors (Lipinski definition) is 2. The Balaban J connectivity index is 3.10. The molecule has 0 fully saturated rings. The van der Waals surface area contributed by atoms with Crippen molar-refractivity contribution in [2.24, 2.45) is 5.73 Å². The second kappa shape index (κ2) is 11.3. The van der Waals surface area contributed by atoms with Crippen LogP contribution in [0.4, 0.5) is 0 Å². The molecule has 0 bridgehead atoms. The van der Waals surface area contributed by atoms with Crippen molar-refractivity contribution >= 4 is 34.4 Å². The van der Waals surface area contributed by atoms with Gasteiger partial charge < -0.3 is 11.1 Å². The summed E-state index contributed by atoms with van der Waals surface area (Å²) in [7, 11) is 0. The van der Waals surface area contributed by atoms with E-state index >= 15 is 0 Å². The number of hydrogen-bond donors (Lipinski definition) is 2. The molecule has 3 N–H and O–H groups in total. The van der Waals surface area contributed by atoms with Crippen LogP contribution in [0.1, 0.15) is 58.3 Å². The van der Waals surface area contributed by atoms with Crippen molar-refractivity contribution < 1.29 is 0 Å². The van der Waals surface area contributed by atoms with E-state index in [1.807, 2.05) is 0 Å². The average Bonchev–Trinajstić information content (AvgIpc) is 2.26. The smallest absolute Gasteiger partial charge is 0.133 e. The van der Waals surface area contributed by atoms with Gasteiger partial charge in [-0.15, -0.1) is 0 Å². The molecule has 0 atom stereocenters. The average molecular weight is 260 g/mol. The van der Waals surface area contributed by atoms with Crippen molar-refractivity contribution in [2.45, 2.75) is 58.3 Å². The lowest BCUT2D eigenvalue weighted by Crippen LogP contribution is -2.33. The van der Waals surface area contributed by atoms with Gasteiger partial charge in [-0.2, -0.15) is 0 Å². The Morgan fingerprint density at radius 2 is 1.44 bits per heavy atom. The lowest BCUT2D eigenvalue weighted by atomic mass is 10.1. The van der Waals surface area contributed by atoms with Crippen molar-refractivity contribution in [2.75, 3.05) is 6.54 Å². The predicted octanol–water partition coefficient (Wildman–Crippen LogP) is 3.33. The monoisotopic (exact) mass is 260 g/mol. The van der Waals surface area contributed by atoms with E-state index in [0.717, 1.165) is 13.0 Å². The summed E-state index contributed by atoms with van der Waals surface area (Å²) in [5.41, 5.74) is 5.37. The molecule has 0 saturated heterocycles. The van der Waals surface area contributed by atoms with Crippen LogP contribution >= 0.6 is 24.4 Å². The van der Waals surface area contributed by atoms with Gasteiger partial charge in [-0.05, 0) is 6.42 Å². The van der Waals surface area contributed by atoms with Gasteiger partial charge >= 0.3 is 0 Å². The molecule has 0 rings (SSSR count). The Morgan fingerprint density at radius 1 is 0.938 bits per heavy atom. The lowest BCUT2D eigenvalue weighted by molar-refractivity contribution is 0.573. The Kier molecular flexibility index (Phi) is 11.1. The number of nitrogens with two attached hydrogens (primary N) is 1. The highest BCUT2D eigenvalue weighted by Crippen LogP contribution is 2.07. The number of rotatable bonds is 9. The summed E-state index contributed by atoms with van der Waals surface area (Å²) in [5, 5.41) is 3.06. The summed E-state index contributed by atoms with van der Waals surface area (Å²) < 4.78 is 0. The molecule has 0 heterocycles. The molecule has 0 aromatic carbocycles. The Bertz CT molecular complexity index is 205. The number of unbranched alkanes of at least 4 members (excludes halogenated alkanes) is 7. The van der Waals surface area contributed by atoms with E-state index < -0.39 is 0 Å². The van der Waals surface area contributed by atoms with E-state index in [9.17, 15) is 0 Å². The summed E-state index contributed by atoms with van der Waals surface area (Å²) in [5.74, 6) is 0. The molecule has 94 valence electrons. The number of nitrogens with one attached hydrogen (secondary N) is 1. The van der Waals surface area contributed by atoms with Gasteiger partial charge in [0, 0.05) is 6.54 Å². The first-order valence-corrected chi connectivity index (χ1v) is 7.07. The minimum Gasteiger partial charge on any atom is -0.388 e. The van der Waals surface area contributed by atoms with Crippen LogP contribution in [-0.4, -0.2) is 16.5 Å². The first-order valence-electron chi connectivity index (χ1n) is 6.26. The van der Waals surface area contributed by atoms with Crippen LogP contribution in [0.3, 0.4) is 0 Å². The lowest BCUT2D eigenvalue weighted by Gasteiger charge is -2.05. The summed E-state index contributed by atoms with van der Waals surface area (Å²) in [4.78, 5) is 0.826. The van der Waals surface area contributed by atoms with Crippen LogP contribution < -0.4 is 11.1 Å². The molecule has 0 aliphatic carbocycles. The third-order valence-electron chi connectivity index (χ3n) is 2.54. The zero-order valence-electron chi connectivity index (χ0n) is 10.3. The first-order chi connectivity index (χ1) is 7.68. The van der Waals surface area contributed by atoms with Crippen molar-refractivity contribution in [3.05, 3.63) is 0 Å². The molecule has 0 unspecified atom stereocenters. The molecule has 16 heavy (non-hydrogen) atoms. The van der Waals surface area contributed by atoms with Gasteiger partial charge in [0.2, 0.25) is 0 Å². The minimum atomic E-state index is 0.301. The van der Waals surface area contributed by atoms with Crippen molar-refractivity contribution in [3.63, 3.8) is 0 Å². The van der Waals surface area contributed by atoms with Gasteiger partial charge in [0.25, 0.3) is 0 Å². The van der Waals surface area contributed by atoms with E-state index in [1.54, 1.807) is 0 Å². The van der Waals surface area contributed by atoms with Gasteiger partial charge in [-0.3, -0.25) is 0 Å². The van der Waals surface area contributed by atoms with Gasteiger partial charge in [0.15, 0.2) is 0 Å². The van der Waals surface area contributed by atoms with Crippen LogP contribution in [-0.2, 0) is 0 Å². The molecule has 2 nitrogen and oxygen atoms in total. The fraction of sp³-hybridized carbons (Fsp3) is 0.833. The summed E-state index contributed by atoms with van der Waals surface area (Å²) in [6, 6.07) is 0. The van der Waals surface area contributed by atoms with E-state index in [2.05, 4.69) is 12.2 Å². The van der Waals surface area contributed by atoms with E-state index in [0.29, 0.717) is 9.98 Å². The molecule has 0 aromatic rings. The Morgan fingerprint density at radius 3 is 1.94 bits per heavy atom. The Labute approximate surface area is 110 Å². The normalized spacial score (nSPS) is 10.1. The summed E-state index contributed by atoms with van der Waals surface area (Å²) in [6.07, 6.45) is 10.6. The van der Waals surface area contributed by atoms with Gasteiger partial charge in [0.05, 0.1) is 0 Å². The third kappa shape index (κ3) is 10.3. The molecule has 0 aliphatic rings. The third-order valence-corrected chi connectivity index (χ3v) is 3.24. The van der Waals surface area contributed by atoms with Crippen molar-refractivity contribution in [3.8, 4) is 0 Å². The Hall–Kier alpha value is -0.220. The predicted molar refractivity (Wildman–Crippen MR) is 80.0 cm³/mol. The maximum absolute atomic E-state index is 5.37. The van der Waals surface area contributed by atoms with Crippen LogP contribution in [0, 0.1) is 0 Å². The second-order valence-corrected chi connectivity index (χ2v) is 4.94. The summed E-state index contributed by atoms with van der Waals surface area (Å²) in [6.45, 7) is 3.14. The van der Waals surface area contributed by atoms with Gasteiger partial charge in [-0.1, -0.05) is 76.3 Å². The highest BCUT2D eigenvalue weighted by atomic mass is 32.1. The fourth-order valence-corrected chi connectivity index (χ4v) is 1.72. The maximum Gasteiger partial charge on any atom is 0.133 e. The van der Waals surface area contributed by atoms with E-state index in [1.165, 1.54) is 44.9 Å². The van der Waals surface area contributed by atoms with Crippen LogP contribution in [0.5, 0.6) is 0 Å². The molecule has 0 aliphatic heterocycles. The van der Waals surface area contributed by atoms with E-state index in [4.69, 9.17) is 30.2 Å². The van der Waals surface area contributed by atoms with Gasteiger partial charge in [-0.25, -0.2) is 0 Å². The quantitative estimate of drug-likeness (QED) is 0.493. The van der Waals surface area contributed by atoms with Gasteiger partial charge in [0.1, 0.15) is 9.98 Å². The maximum atomic E-state index is 5.37. The molecule has 0 radical (unpaired) electrons. The summed E-state index contributed by atoms with van der Waals surface area (Å²) >= 11 is 9.70. The fourth-order valence-electron chi connectivity index (χ4n) is 1.55. The first kappa shape index (κ1) is 15.8. The second-order valence-electron chi connectivity index (χ2n) is 4.10.